The molecule has 9 heteroatoms. The van der Waals surface area contributed by atoms with Gasteiger partial charge in [-0.3, -0.25) is 4.90 Å². The van der Waals surface area contributed by atoms with Gasteiger partial charge in [0.25, 0.3) is 0 Å². The number of nitrogens with zero attached hydrogens (tertiary/aromatic N) is 5. The van der Waals surface area contributed by atoms with E-state index in [1.165, 1.54) is 0 Å². The highest BCUT2D eigenvalue weighted by molar-refractivity contribution is 5.89. The van der Waals surface area contributed by atoms with Crippen molar-refractivity contribution in [2.24, 2.45) is 5.92 Å². The number of rotatable bonds is 6. The molecule has 1 aliphatic heterocycles. The van der Waals surface area contributed by atoms with Crippen molar-refractivity contribution < 1.29 is 14.1 Å². The van der Waals surface area contributed by atoms with Crippen LogP contribution >= 0.6 is 0 Å². The molecule has 1 saturated heterocycles. The van der Waals surface area contributed by atoms with E-state index in [4.69, 9.17) is 9.26 Å². The highest BCUT2D eigenvalue weighted by atomic mass is 16.6. The first kappa shape index (κ1) is 18.9. The lowest BCUT2D eigenvalue weighted by atomic mass is 10.0. The van der Waals surface area contributed by atoms with Gasteiger partial charge in [0, 0.05) is 11.8 Å². The van der Waals surface area contributed by atoms with E-state index in [-0.39, 0.29) is 18.0 Å². The highest BCUT2D eigenvalue weighted by Crippen LogP contribution is 2.27. The van der Waals surface area contributed by atoms with E-state index in [0.29, 0.717) is 30.1 Å². The second-order valence-corrected chi connectivity index (χ2v) is 7.18. The van der Waals surface area contributed by atoms with E-state index in [2.05, 4.69) is 25.4 Å². The molecule has 0 bridgehead atoms. The van der Waals surface area contributed by atoms with Gasteiger partial charge < -0.3 is 14.6 Å². The zero-order valence-corrected chi connectivity index (χ0v) is 16.4. The summed E-state index contributed by atoms with van der Waals surface area (Å²) in [7, 11) is 0. The number of nitrogens with one attached hydrogen (secondary N) is 1. The van der Waals surface area contributed by atoms with Crippen LogP contribution in [0.3, 0.4) is 0 Å². The van der Waals surface area contributed by atoms with E-state index in [9.17, 15) is 4.79 Å². The average molecular weight is 394 g/mol. The minimum Gasteiger partial charge on any atom is -0.447 e. The molecule has 0 spiro atoms. The fraction of sp³-hybridized carbons (Fsp3) is 0.350. The zero-order chi connectivity index (χ0) is 20.4. The number of ether oxygens (including phenoxy) is 1. The number of carbonyl (C=O) groups excluding carboxylic acids is 1. The molecule has 1 aliphatic rings. The minimum atomic E-state index is -0.397. The Morgan fingerprint density at radius 1 is 1.14 bits per heavy atom. The number of hydrogen-bond donors (Lipinski definition) is 1. The molecule has 3 aromatic rings. The van der Waals surface area contributed by atoms with Crippen molar-refractivity contribution >= 4 is 17.9 Å². The Labute approximate surface area is 168 Å². The summed E-state index contributed by atoms with van der Waals surface area (Å²) in [6.07, 6.45) is 1.20. The van der Waals surface area contributed by atoms with Crippen LogP contribution in [0.2, 0.25) is 0 Å². The van der Waals surface area contributed by atoms with Crippen LogP contribution in [0.5, 0.6) is 0 Å². The molecule has 1 aromatic carbocycles. The first-order chi connectivity index (χ1) is 14.0. The van der Waals surface area contributed by atoms with E-state index in [1.807, 2.05) is 51.1 Å². The molecule has 0 radical (unpaired) electrons. The summed E-state index contributed by atoms with van der Waals surface area (Å²) in [5, 5.41) is 7.18. The molecule has 0 unspecified atom stereocenters. The predicted molar refractivity (Wildman–Crippen MR) is 106 cm³/mol. The lowest BCUT2D eigenvalue weighted by Gasteiger charge is -2.23. The minimum absolute atomic E-state index is 0.0629. The molecule has 1 fully saturated rings. The summed E-state index contributed by atoms with van der Waals surface area (Å²) in [4.78, 5) is 26.9. The largest absolute Gasteiger partial charge is 0.447 e. The molecule has 150 valence electrons. The molecule has 1 N–H and O–H groups in total. The summed E-state index contributed by atoms with van der Waals surface area (Å²) in [6, 6.07) is 10.9. The van der Waals surface area contributed by atoms with Gasteiger partial charge in [0.15, 0.2) is 0 Å². The number of benzene rings is 1. The van der Waals surface area contributed by atoms with Gasteiger partial charge in [-0.05, 0) is 18.9 Å². The van der Waals surface area contributed by atoms with Crippen LogP contribution < -0.4 is 10.2 Å². The molecule has 9 nitrogen and oxygen atoms in total. The van der Waals surface area contributed by atoms with E-state index in [1.54, 1.807) is 17.2 Å². The number of cyclic esters (lactones) is 1. The van der Waals surface area contributed by atoms with Crippen molar-refractivity contribution in [2.45, 2.75) is 32.9 Å². The Kier molecular flexibility index (Phi) is 5.11. The van der Waals surface area contributed by atoms with Crippen molar-refractivity contribution in [3.05, 3.63) is 48.5 Å². The normalized spacial score (nSPS) is 17.4. The van der Waals surface area contributed by atoms with Gasteiger partial charge in [-0.15, -0.1) is 0 Å². The van der Waals surface area contributed by atoms with Crippen molar-refractivity contribution in [2.75, 3.05) is 16.8 Å². The van der Waals surface area contributed by atoms with Crippen LogP contribution in [0.25, 0.3) is 11.4 Å². The second-order valence-electron chi connectivity index (χ2n) is 7.18. The molecule has 4 rings (SSSR count). The average Bonchev–Trinajstić information content (AvgIpc) is 3.36. The Bertz CT molecular complexity index is 991. The SMILES string of the molecule is CC(C)[C@H]1COC(=O)N1c1ccnc(N[C@@H](C)c2nc(-c3ccccc3)no2)n1. The molecular weight excluding hydrogens is 372 g/mol. The third kappa shape index (κ3) is 3.89. The van der Waals surface area contributed by atoms with E-state index < -0.39 is 6.09 Å². The van der Waals surface area contributed by atoms with Crippen LogP contribution in [0, 0.1) is 5.92 Å². The van der Waals surface area contributed by atoms with Crippen LogP contribution in [0.4, 0.5) is 16.6 Å². The maximum atomic E-state index is 12.2. The number of hydrogen-bond acceptors (Lipinski definition) is 8. The summed E-state index contributed by atoms with van der Waals surface area (Å²) in [6.45, 7) is 6.31. The monoisotopic (exact) mass is 394 g/mol. The van der Waals surface area contributed by atoms with Gasteiger partial charge in [-0.1, -0.05) is 49.3 Å². The van der Waals surface area contributed by atoms with Crippen LogP contribution in [0.1, 0.15) is 32.7 Å². The van der Waals surface area contributed by atoms with Crippen molar-refractivity contribution in [3.63, 3.8) is 0 Å². The predicted octanol–water partition coefficient (Wildman–Crippen LogP) is 3.68. The van der Waals surface area contributed by atoms with Crippen LogP contribution in [-0.4, -0.2) is 38.9 Å². The number of carbonyl (C=O) groups is 1. The quantitative estimate of drug-likeness (QED) is 0.675. The van der Waals surface area contributed by atoms with Crippen molar-refractivity contribution in [1.29, 1.82) is 0 Å². The Morgan fingerprint density at radius 2 is 1.93 bits per heavy atom. The van der Waals surface area contributed by atoms with Crippen molar-refractivity contribution in [3.8, 4) is 11.4 Å². The first-order valence-electron chi connectivity index (χ1n) is 9.47. The molecule has 29 heavy (non-hydrogen) atoms. The molecule has 0 aliphatic carbocycles. The lowest BCUT2D eigenvalue weighted by Crippen LogP contribution is -2.37. The van der Waals surface area contributed by atoms with E-state index >= 15 is 0 Å². The topological polar surface area (TPSA) is 106 Å². The van der Waals surface area contributed by atoms with Crippen LogP contribution in [-0.2, 0) is 4.74 Å². The first-order valence-corrected chi connectivity index (χ1v) is 9.47. The Balaban J connectivity index is 1.51. The van der Waals surface area contributed by atoms with Gasteiger partial charge in [-0.25, -0.2) is 9.78 Å². The number of aromatic nitrogens is 4. The number of anilines is 2. The Morgan fingerprint density at radius 3 is 2.69 bits per heavy atom. The van der Waals surface area contributed by atoms with Gasteiger partial charge >= 0.3 is 6.09 Å². The zero-order valence-electron chi connectivity index (χ0n) is 16.4. The third-order valence-electron chi connectivity index (χ3n) is 4.75. The molecule has 0 saturated carbocycles. The lowest BCUT2D eigenvalue weighted by molar-refractivity contribution is 0.177. The molecule has 2 atom stereocenters. The molecule has 2 aromatic heterocycles. The van der Waals surface area contributed by atoms with Gasteiger partial charge in [0.2, 0.25) is 17.7 Å². The summed E-state index contributed by atoms with van der Waals surface area (Å²) in [5.74, 6) is 2.02. The maximum Gasteiger partial charge on any atom is 0.415 e. The van der Waals surface area contributed by atoms with Gasteiger partial charge in [0.05, 0.1) is 6.04 Å². The standard InChI is InChI=1S/C20H22N6O3/c1-12(2)15-11-28-20(27)26(15)16-9-10-21-19(23-16)22-13(3)18-24-17(25-29-18)14-7-5-4-6-8-14/h4-10,12-13,15H,11H2,1-3H3,(H,21,22,23)/t13-,15+/m0/s1. The van der Waals surface area contributed by atoms with E-state index in [0.717, 1.165) is 5.56 Å². The smallest absolute Gasteiger partial charge is 0.415 e. The summed E-state index contributed by atoms with van der Waals surface area (Å²) >= 11 is 0. The fourth-order valence-electron chi connectivity index (χ4n) is 3.11. The van der Waals surface area contributed by atoms with Crippen LogP contribution in [0.15, 0.2) is 47.1 Å². The maximum absolute atomic E-state index is 12.2. The van der Waals surface area contributed by atoms with Crippen molar-refractivity contribution in [1.82, 2.24) is 20.1 Å². The summed E-state index contributed by atoms with van der Waals surface area (Å²) < 4.78 is 10.6. The third-order valence-corrected chi connectivity index (χ3v) is 4.75. The highest BCUT2D eigenvalue weighted by Gasteiger charge is 2.37. The molecule has 3 heterocycles. The van der Waals surface area contributed by atoms with Gasteiger partial charge in [0.1, 0.15) is 18.5 Å². The second kappa shape index (κ2) is 7.86. The summed E-state index contributed by atoms with van der Waals surface area (Å²) in [5.41, 5.74) is 0.875. The number of amides is 1. The van der Waals surface area contributed by atoms with Gasteiger partial charge in [-0.2, -0.15) is 9.97 Å². The molecule has 1 amide bonds. The fourth-order valence-corrected chi connectivity index (χ4v) is 3.11. The Hall–Kier alpha value is -3.49. The molecular formula is C20H22N6O3.